The van der Waals surface area contributed by atoms with Gasteiger partial charge in [0.1, 0.15) is 5.82 Å². The van der Waals surface area contributed by atoms with Crippen LogP contribution in [0.1, 0.15) is 24.6 Å². The first kappa shape index (κ1) is 12.7. The van der Waals surface area contributed by atoms with Crippen LogP contribution in [0.4, 0.5) is 4.39 Å². The molecule has 0 atom stereocenters. The summed E-state index contributed by atoms with van der Waals surface area (Å²) >= 11 is 3.31. The zero-order valence-electron chi connectivity index (χ0n) is 10.2. The molecule has 4 nitrogen and oxygen atoms in total. The summed E-state index contributed by atoms with van der Waals surface area (Å²) in [7, 11) is 0. The molecule has 1 saturated heterocycles. The molecule has 0 bridgehead atoms. The van der Waals surface area contributed by atoms with Crippen molar-refractivity contribution in [2.75, 3.05) is 13.1 Å². The lowest BCUT2D eigenvalue weighted by molar-refractivity contribution is 0.391. The molecule has 1 aliphatic heterocycles. The van der Waals surface area contributed by atoms with E-state index in [-0.39, 0.29) is 11.7 Å². The lowest BCUT2D eigenvalue weighted by Crippen LogP contribution is -2.27. The topological polar surface area (TPSA) is 51.0 Å². The number of rotatable bonds is 2. The van der Waals surface area contributed by atoms with E-state index >= 15 is 0 Å². The predicted molar refractivity (Wildman–Crippen MR) is 72.2 cm³/mol. The van der Waals surface area contributed by atoms with Gasteiger partial charge in [-0.3, -0.25) is 0 Å². The number of hydrogen-bond acceptors (Lipinski definition) is 4. The van der Waals surface area contributed by atoms with Gasteiger partial charge in [-0.05, 0) is 54.0 Å². The largest absolute Gasteiger partial charge is 0.334 e. The van der Waals surface area contributed by atoms with E-state index in [0.717, 1.165) is 25.9 Å². The molecular formula is C13H13BrFN3O. The van der Waals surface area contributed by atoms with Crippen molar-refractivity contribution in [2.24, 2.45) is 0 Å². The van der Waals surface area contributed by atoms with Crippen LogP contribution >= 0.6 is 15.9 Å². The van der Waals surface area contributed by atoms with Crippen LogP contribution in [-0.4, -0.2) is 23.2 Å². The van der Waals surface area contributed by atoms with E-state index in [9.17, 15) is 4.39 Å². The Hall–Kier alpha value is -1.27. The lowest BCUT2D eigenvalue weighted by Gasteiger charge is -2.18. The van der Waals surface area contributed by atoms with Crippen molar-refractivity contribution < 1.29 is 8.91 Å². The quantitative estimate of drug-likeness (QED) is 0.921. The van der Waals surface area contributed by atoms with Gasteiger partial charge < -0.3 is 9.84 Å². The average molecular weight is 326 g/mol. The zero-order valence-corrected chi connectivity index (χ0v) is 11.8. The molecule has 2 aromatic rings. The fourth-order valence-electron chi connectivity index (χ4n) is 2.28. The molecule has 19 heavy (non-hydrogen) atoms. The molecule has 1 aromatic carbocycles. The Labute approximate surface area is 118 Å². The van der Waals surface area contributed by atoms with E-state index in [1.807, 2.05) is 0 Å². The van der Waals surface area contributed by atoms with E-state index in [2.05, 4.69) is 31.4 Å². The minimum Gasteiger partial charge on any atom is -0.334 e. The van der Waals surface area contributed by atoms with Crippen molar-refractivity contribution >= 4 is 15.9 Å². The third-order valence-electron chi connectivity index (χ3n) is 3.32. The summed E-state index contributed by atoms with van der Waals surface area (Å²) < 4.78 is 19.7. The van der Waals surface area contributed by atoms with Crippen LogP contribution in [0.2, 0.25) is 0 Å². The summed E-state index contributed by atoms with van der Waals surface area (Å²) in [6.07, 6.45) is 1.97. The van der Waals surface area contributed by atoms with Crippen molar-refractivity contribution in [3.05, 3.63) is 34.3 Å². The van der Waals surface area contributed by atoms with Crippen molar-refractivity contribution in [1.82, 2.24) is 15.5 Å². The van der Waals surface area contributed by atoms with Crippen molar-refractivity contribution in [3.63, 3.8) is 0 Å². The fraction of sp³-hybridized carbons (Fsp3) is 0.385. The van der Waals surface area contributed by atoms with E-state index in [1.54, 1.807) is 12.1 Å². The maximum atomic E-state index is 13.8. The second-order valence-corrected chi connectivity index (χ2v) is 5.43. The summed E-state index contributed by atoms with van der Waals surface area (Å²) in [5.74, 6) is 0.837. The summed E-state index contributed by atoms with van der Waals surface area (Å²) in [5, 5.41) is 7.28. The van der Waals surface area contributed by atoms with E-state index in [4.69, 9.17) is 4.52 Å². The minimum atomic E-state index is -0.366. The highest BCUT2D eigenvalue weighted by atomic mass is 79.9. The third kappa shape index (κ3) is 2.55. The predicted octanol–water partition coefficient (Wildman–Crippen LogP) is 3.11. The van der Waals surface area contributed by atoms with Crippen LogP contribution < -0.4 is 5.32 Å². The summed E-state index contributed by atoms with van der Waals surface area (Å²) in [6.45, 7) is 1.91. The van der Waals surface area contributed by atoms with Gasteiger partial charge in [0.15, 0.2) is 5.82 Å². The molecule has 0 spiro atoms. The maximum Gasteiger partial charge on any atom is 0.262 e. The van der Waals surface area contributed by atoms with Crippen LogP contribution in [0, 0.1) is 5.82 Å². The molecule has 0 radical (unpaired) electrons. The Morgan fingerprint density at radius 3 is 2.84 bits per heavy atom. The van der Waals surface area contributed by atoms with Gasteiger partial charge in [-0.25, -0.2) is 4.39 Å². The van der Waals surface area contributed by atoms with Gasteiger partial charge in [0, 0.05) is 10.4 Å². The van der Waals surface area contributed by atoms with E-state index in [1.165, 1.54) is 6.07 Å². The molecule has 2 heterocycles. The standard InChI is InChI=1S/C13H13BrFN3O/c14-9-2-1-3-10(15)11(9)13-17-12(18-19-13)8-4-6-16-7-5-8/h1-3,8,16H,4-7H2. The van der Waals surface area contributed by atoms with Crippen molar-refractivity contribution in [1.29, 1.82) is 0 Å². The summed E-state index contributed by atoms with van der Waals surface area (Å²) in [5.41, 5.74) is 0.329. The van der Waals surface area contributed by atoms with E-state index in [0.29, 0.717) is 21.8 Å². The summed E-state index contributed by atoms with van der Waals surface area (Å²) in [4.78, 5) is 4.35. The van der Waals surface area contributed by atoms with Crippen molar-refractivity contribution in [2.45, 2.75) is 18.8 Å². The van der Waals surface area contributed by atoms with Crippen LogP contribution in [0.15, 0.2) is 27.2 Å². The normalized spacial score (nSPS) is 16.7. The number of piperidine rings is 1. The summed E-state index contributed by atoms with van der Waals surface area (Å²) in [6, 6.07) is 4.77. The highest BCUT2D eigenvalue weighted by molar-refractivity contribution is 9.10. The zero-order chi connectivity index (χ0) is 13.2. The van der Waals surface area contributed by atoms with Gasteiger partial charge in [-0.1, -0.05) is 11.2 Å². The first-order chi connectivity index (χ1) is 9.25. The first-order valence-corrected chi connectivity index (χ1v) is 7.03. The molecular weight excluding hydrogens is 313 g/mol. The Balaban J connectivity index is 1.92. The maximum absolute atomic E-state index is 13.8. The molecule has 3 rings (SSSR count). The Morgan fingerprint density at radius 1 is 1.32 bits per heavy atom. The molecule has 100 valence electrons. The van der Waals surface area contributed by atoms with Gasteiger partial charge in [0.05, 0.1) is 5.56 Å². The molecule has 1 aliphatic rings. The number of nitrogens with zero attached hydrogens (tertiary/aromatic N) is 2. The average Bonchev–Trinajstić information content (AvgIpc) is 2.89. The van der Waals surface area contributed by atoms with Crippen molar-refractivity contribution in [3.8, 4) is 11.5 Å². The highest BCUT2D eigenvalue weighted by Crippen LogP contribution is 2.31. The molecule has 1 aromatic heterocycles. The van der Waals surface area contributed by atoms with E-state index < -0.39 is 0 Å². The number of aromatic nitrogens is 2. The van der Waals surface area contributed by atoms with Crippen LogP contribution in [0.3, 0.4) is 0 Å². The van der Waals surface area contributed by atoms with Crippen LogP contribution in [0.25, 0.3) is 11.5 Å². The minimum absolute atomic E-state index is 0.235. The number of halogens is 2. The number of hydrogen-bond donors (Lipinski definition) is 1. The fourth-order valence-corrected chi connectivity index (χ4v) is 2.80. The van der Waals surface area contributed by atoms with Gasteiger partial charge in [0.2, 0.25) is 0 Å². The molecule has 1 N–H and O–H groups in total. The first-order valence-electron chi connectivity index (χ1n) is 6.24. The van der Waals surface area contributed by atoms with Crippen LogP contribution in [0.5, 0.6) is 0 Å². The Bertz CT molecular complexity index is 561. The molecule has 0 saturated carbocycles. The molecule has 0 aliphatic carbocycles. The molecule has 0 unspecified atom stereocenters. The van der Waals surface area contributed by atoms with Gasteiger partial charge in [-0.15, -0.1) is 0 Å². The Kier molecular flexibility index (Phi) is 3.61. The highest BCUT2D eigenvalue weighted by Gasteiger charge is 2.23. The second-order valence-electron chi connectivity index (χ2n) is 4.58. The third-order valence-corrected chi connectivity index (χ3v) is 3.98. The lowest BCUT2D eigenvalue weighted by atomic mass is 9.98. The van der Waals surface area contributed by atoms with Crippen LogP contribution in [-0.2, 0) is 0 Å². The monoisotopic (exact) mass is 325 g/mol. The molecule has 6 heteroatoms. The molecule has 0 amide bonds. The number of benzene rings is 1. The number of nitrogens with one attached hydrogen (secondary N) is 1. The SMILES string of the molecule is Fc1cccc(Br)c1-c1nc(C2CCNCC2)no1. The Morgan fingerprint density at radius 2 is 2.11 bits per heavy atom. The van der Waals surface area contributed by atoms with Gasteiger partial charge in [0.25, 0.3) is 5.89 Å². The smallest absolute Gasteiger partial charge is 0.262 e. The van der Waals surface area contributed by atoms with Gasteiger partial charge in [-0.2, -0.15) is 4.98 Å². The molecule has 1 fully saturated rings. The van der Waals surface area contributed by atoms with Gasteiger partial charge >= 0.3 is 0 Å². The second kappa shape index (κ2) is 5.38.